The third kappa shape index (κ3) is 1.83. The Balaban J connectivity index is 2.93. The fourth-order valence-corrected chi connectivity index (χ4v) is 3.94. The highest BCUT2D eigenvalue weighted by Gasteiger charge is 2.46. The molecule has 0 aromatic rings. The summed E-state index contributed by atoms with van der Waals surface area (Å²) in [4.78, 5) is 0. The Morgan fingerprint density at radius 1 is 0.929 bits per heavy atom. The molecule has 1 aliphatic carbocycles. The molecular formula is C10H18O3Si. The van der Waals surface area contributed by atoms with Crippen LogP contribution in [0.3, 0.4) is 0 Å². The van der Waals surface area contributed by atoms with E-state index >= 15 is 0 Å². The van der Waals surface area contributed by atoms with Gasteiger partial charge in [-0.3, -0.25) is 0 Å². The summed E-state index contributed by atoms with van der Waals surface area (Å²) in [6.07, 6.45) is 4.30. The molecule has 80 valence electrons. The molecule has 1 aliphatic rings. The van der Waals surface area contributed by atoms with Gasteiger partial charge >= 0.3 is 8.80 Å². The molecule has 0 N–H and O–H groups in total. The molecule has 3 nitrogen and oxygen atoms in total. The zero-order valence-electron chi connectivity index (χ0n) is 9.46. The summed E-state index contributed by atoms with van der Waals surface area (Å²) in [6.45, 7) is 4.18. The third-order valence-electron chi connectivity index (χ3n) is 2.74. The minimum Gasteiger partial charge on any atom is -0.376 e. The summed E-state index contributed by atoms with van der Waals surface area (Å²) in [5.41, 5.74) is 2.71. The second-order valence-corrected chi connectivity index (χ2v) is 6.54. The van der Waals surface area contributed by atoms with Crippen molar-refractivity contribution in [2.75, 3.05) is 21.3 Å². The molecule has 0 aromatic heterocycles. The molecule has 0 saturated heterocycles. The Bertz CT molecular complexity index is 240. The summed E-state index contributed by atoms with van der Waals surface area (Å²) in [7, 11) is 2.41. The van der Waals surface area contributed by atoms with Crippen molar-refractivity contribution >= 4 is 8.80 Å². The first-order valence-corrected chi connectivity index (χ1v) is 6.42. The standard InChI is InChI=1S/C10H18O3Si/c1-8-6-10(7-9(8)2)14(11-3,12-4)13-5/h6-7,10H,1-5H3. The summed E-state index contributed by atoms with van der Waals surface area (Å²) in [5, 5.41) is 0. The Morgan fingerprint density at radius 2 is 1.29 bits per heavy atom. The van der Waals surface area contributed by atoms with E-state index in [1.165, 1.54) is 11.1 Å². The van der Waals surface area contributed by atoms with Gasteiger partial charge < -0.3 is 13.3 Å². The lowest BCUT2D eigenvalue weighted by atomic mass is 10.2. The van der Waals surface area contributed by atoms with Crippen LogP contribution in [0.15, 0.2) is 23.3 Å². The van der Waals surface area contributed by atoms with Crippen LogP contribution >= 0.6 is 0 Å². The summed E-state index contributed by atoms with van der Waals surface area (Å²) in [6, 6.07) is 0. The van der Waals surface area contributed by atoms with Crippen molar-refractivity contribution in [1.82, 2.24) is 0 Å². The van der Waals surface area contributed by atoms with Crippen LogP contribution < -0.4 is 0 Å². The minimum atomic E-state index is -2.52. The second kappa shape index (κ2) is 4.40. The van der Waals surface area contributed by atoms with Crippen LogP contribution in [0.5, 0.6) is 0 Å². The molecule has 0 saturated carbocycles. The van der Waals surface area contributed by atoms with E-state index in [9.17, 15) is 0 Å². The predicted octanol–water partition coefficient (Wildman–Crippen LogP) is 2.14. The molecule has 14 heavy (non-hydrogen) atoms. The van der Waals surface area contributed by atoms with Gasteiger partial charge in [-0.05, 0) is 13.8 Å². The molecule has 0 radical (unpaired) electrons. The average Bonchev–Trinajstić information content (AvgIpc) is 2.51. The predicted molar refractivity (Wildman–Crippen MR) is 58.0 cm³/mol. The number of allylic oxidation sites excluding steroid dienone is 4. The van der Waals surface area contributed by atoms with Gasteiger partial charge in [-0.25, -0.2) is 0 Å². The molecule has 0 bridgehead atoms. The lowest BCUT2D eigenvalue weighted by molar-refractivity contribution is 0.121. The summed E-state index contributed by atoms with van der Waals surface area (Å²) in [5.74, 6) is 0. The quantitative estimate of drug-likeness (QED) is 0.671. The zero-order valence-corrected chi connectivity index (χ0v) is 10.5. The second-order valence-electron chi connectivity index (χ2n) is 3.44. The van der Waals surface area contributed by atoms with E-state index in [1.807, 2.05) is 0 Å². The first-order valence-electron chi connectivity index (χ1n) is 4.62. The summed E-state index contributed by atoms with van der Waals surface area (Å²) < 4.78 is 16.3. The molecular weight excluding hydrogens is 196 g/mol. The van der Waals surface area contributed by atoms with E-state index in [0.29, 0.717) is 0 Å². The topological polar surface area (TPSA) is 27.7 Å². The van der Waals surface area contributed by atoms with Crippen molar-refractivity contribution in [3.05, 3.63) is 23.3 Å². The van der Waals surface area contributed by atoms with Crippen molar-refractivity contribution in [2.24, 2.45) is 0 Å². The molecule has 4 heteroatoms. The lowest BCUT2D eigenvalue weighted by Crippen LogP contribution is -2.46. The smallest absolute Gasteiger partial charge is 0.376 e. The van der Waals surface area contributed by atoms with Gasteiger partial charge in [0.2, 0.25) is 0 Å². The van der Waals surface area contributed by atoms with Crippen LogP contribution in [0, 0.1) is 0 Å². The fourth-order valence-electron chi connectivity index (χ4n) is 1.71. The van der Waals surface area contributed by atoms with Crippen LogP contribution in [0.25, 0.3) is 0 Å². The van der Waals surface area contributed by atoms with Crippen LogP contribution in [-0.4, -0.2) is 30.1 Å². The van der Waals surface area contributed by atoms with E-state index in [1.54, 1.807) is 21.3 Å². The molecule has 0 aliphatic heterocycles. The maximum Gasteiger partial charge on any atom is 0.511 e. The van der Waals surface area contributed by atoms with Crippen molar-refractivity contribution < 1.29 is 13.3 Å². The zero-order chi connectivity index (χ0) is 10.8. The van der Waals surface area contributed by atoms with Crippen LogP contribution in [0.2, 0.25) is 5.54 Å². The van der Waals surface area contributed by atoms with Gasteiger partial charge in [-0.1, -0.05) is 23.3 Å². The maximum absolute atomic E-state index is 5.42. The molecule has 1 rings (SSSR count). The third-order valence-corrected chi connectivity index (χ3v) is 5.60. The van der Waals surface area contributed by atoms with Gasteiger partial charge in [0.05, 0.1) is 5.54 Å². The summed E-state index contributed by atoms with van der Waals surface area (Å²) >= 11 is 0. The van der Waals surface area contributed by atoms with Crippen LogP contribution in [0.1, 0.15) is 13.8 Å². The first-order chi connectivity index (χ1) is 6.59. The fraction of sp³-hybridized carbons (Fsp3) is 0.600. The minimum absolute atomic E-state index is 0.155. The highest BCUT2D eigenvalue weighted by molar-refractivity contribution is 6.63. The van der Waals surface area contributed by atoms with E-state index in [4.69, 9.17) is 13.3 Å². The molecule has 0 aromatic carbocycles. The first kappa shape index (κ1) is 11.7. The number of rotatable bonds is 4. The van der Waals surface area contributed by atoms with Gasteiger partial charge in [0.15, 0.2) is 0 Å². The lowest BCUT2D eigenvalue weighted by Gasteiger charge is -2.27. The molecule has 0 heterocycles. The van der Waals surface area contributed by atoms with E-state index in [0.717, 1.165) is 0 Å². The van der Waals surface area contributed by atoms with Crippen molar-refractivity contribution in [3.63, 3.8) is 0 Å². The van der Waals surface area contributed by atoms with Crippen molar-refractivity contribution in [3.8, 4) is 0 Å². The van der Waals surface area contributed by atoms with Gasteiger partial charge in [-0.2, -0.15) is 0 Å². The Kier molecular flexibility index (Phi) is 3.66. The Hall–Kier alpha value is -0.423. The van der Waals surface area contributed by atoms with E-state index in [-0.39, 0.29) is 5.54 Å². The van der Waals surface area contributed by atoms with Crippen LogP contribution in [-0.2, 0) is 13.3 Å². The highest BCUT2D eigenvalue weighted by atomic mass is 28.4. The van der Waals surface area contributed by atoms with Crippen molar-refractivity contribution in [2.45, 2.75) is 19.4 Å². The molecule has 0 spiro atoms. The van der Waals surface area contributed by atoms with Gasteiger partial charge in [0.1, 0.15) is 0 Å². The monoisotopic (exact) mass is 214 g/mol. The highest BCUT2D eigenvalue weighted by Crippen LogP contribution is 2.35. The normalized spacial score (nSPS) is 18.4. The van der Waals surface area contributed by atoms with Crippen LogP contribution in [0.4, 0.5) is 0 Å². The Labute approximate surface area is 86.7 Å². The van der Waals surface area contributed by atoms with Gasteiger partial charge in [0, 0.05) is 21.3 Å². The maximum atomic E-state index is 5.42. The number of hydrogen-bond acceptors (Lipinski definition) is 3. The average molecular weight is 214 g/mol. The molecule has 0 atom stereocenters. The van der Waals surface area contributed by atoms with E-state index < -0.39 is 8.80 Å². The molecule has 0 amide bonds. The van der Waals surface area contributed by atoms with E-state index in [2.05, 4.69) is 26.0 Å². The SMILES string of the molecule is CO[Si](OC)(OC)C1C=C(C)C(C)=C1. The molecule has 0 fully saturated rings. The largest absolute Gasteiger partial charge is 0.511 e. The van der Waals surface area contributed by atoms with Gasteiger partial charge in [-0.15, -0.1) is 0 Å². The number of hydrogen-bond donors (Lipinski definition) is 0. The van der Waals surface area contributed by atoms with Crippen molar-refractivity contribution in [1.29, 1.82) is 0 Å². The van der Waals surface area contributed by atoms with Gasteiger partial charge in [0.25, 0.3) is 0 Å². The molecule has 0 unspecified atom stereocenters. The Morgan fingerprint density at radius 3 is 1.57 bits per heavy atom.